The van der Waals surface area contributed by atoms with Gasteiger partial charge in [0.25, 0.3) is 5.56 Å². The average Bonchev–Trinajstić information content (AvgIpc) is 3.28. The number of esters is 1. The molecule has 11 heteroatoms. The standard InChI is InChI=1S/C29H23N3O7S/c1-3-39-28(35)23-24(17-8-5-4-6-9-17)30-29-31(25(23)18-12-14-20(38-2)15-13-18)27(34)22(40-29)16-19-10-7-11-21(26(19)33)32(36)37/h4-16,25,33H,3H2,1-2H3/b22-16+. The third kappa shape index (κ3) is 4.78. The number of fused-ring (bicyclic) bond motifs is 1. The fourth-order valence-corrected chi connectivity index (χ4v) is 5.49. The van der Waals surface area contributed by atoms with Crippen LogP contribution in [0.1, 0.15) is 29.7 Å². The molecule has 0 bridgehead atoms. The molecule has 0 radical (unpaired) electrons. The molecule has 2 heterocycles. The molecule has 10 nitrogen and oxygen atoms in total. The van der Waals surface area contributed by atoms with Crippen LogP contribution in [-0.4, -0.2) is 34.3 Å². The predicted octanol–water partition coefficient (Wildman–Crippen LogP) is 3.56. The minimum atomic E-state index is -0.891. The second kappa shape index (κ2) is 11.0. The van der Waals surface area contributed by atoms with Gasteiger partial charge in [-0.25, -0.2) is 9.79 Å². The van der Waals surface area contributed by atoms with Crippen LogP contribution in [0.15, 0.2) is 88.2 Å². The van der Waals surface area contributed by atoms with Gasteiger partial charge in [-0.15, -0.1) is 0 Å². The van der Waals surface area contributed by atoms with E-state index in [1.165, 1.54) is 28.8 Å². The predicted molar refractivity (Wildman–Crippen MR) is 149 cm³/mol. The molecule has 1 atom stereocenters. The number of benzene rings is 3. The van der Waals surface area contributed by atoms with Crippen molar-refractivity contribution in [2.24, 2.45) is 4.99 Å². The molecule has 202 valence electrons. The largest absolute Gasteiger partial charge is 0.502 e. The number of phenols is 1. The Hall–Kier alpha value is -5.03. The summed E-state index contributed by atoms with van der Waals surface area (Å²) in [6.07, 6.45) is 1.38. The third-order valence-corrected chi connectivity index (χ3v) is 7.32. The Morgan fingerprint density at radius 2 is 1.85 bits per heavy atom. The number of phenolic OH excluding ortho intramolecular Hbond substituents is 1. The lowest BCUT2D eigenvalue weighted by molar-refractivity contribution is -0.385. The number of nitro benzene ring substituents is 1. The molecule has 0 aliphatic carbocycles. The Morgan fingerprint density at radius 3 is 2.50 bits per heavy atom. The highest BCUT2D eigenvalue weighted by atomic mass is 32.1. The molecule has 4 aromatic rings. The van der Waals surface area contributed by atoms with Crippen molar-refractivity contribution in [3.05, 3.63) is 125 Å². The SMILES string of the molecule is CCOC(=O)C1=C(c2ccccc2)N=c2s/c(=C/c3cccc([N+](=O)[O-])c3O)c(=O)n2C1c1ccc(OC)cc1. The van der Waals surface area contributed by atoms with Crippen molar-refractivity contribution < 1.29 is 24.3 Å². The normalized spacial score (nSPS) is 14.8. The van der Waals surface area contributed by atoms with Crippen LogP contribution in [0.4, 0.5) is 5.69 Å². The number of nitrogens with zero attached hydrogens (tertiary/aromatic N) is 3. The van der Waals surface area contributed by atoms with E-state index in [0.29, 0.717) is 27.4 Å². The highest BCUT2D eigenvalue weighted by Gasteiger charge is 2.35. The molecule has 0 saturated carbocycles. The van der Waals surface area contributed by atoms with Crippen molar-refractivity contribution in [1.29, 1.82) is 0 Å². The summed E-state index contributed by atoms with van der Waals surface area (Å²) in [5.74, 6) is -0.569. The Balaban J connectivity index is 1.82. The van der Waals surface area contributed by atoms with E-state index >= 15 is 0 Å². The van der Waals surface area contributed by atoms with Gasteiger partial charge in [-0.2, -0.15) is 0 Å². The van der Waals surface area contributed by atoms with Gasteiger partial charge in [0.05, 0.1) is 40.5 Å². The van der Waals surface area contributed by atoms with E-state index in [1.54, 1.807) is 38.3 Å². The molecule has 1 aromatic heterocycles. The molecule has 3 aromatic carbocycles. The van der Waals surface area contributed by atoms with Crippen LogP contribution in [0.3, 0.4) is 0 Å². The lowest BCUT2D eigenvalue weighted by atomic mass is 9.93. The van der Waals surface area contributed by atoms with Crippen molar-refractivity contribution in [3.63, 3.8) is 0 Å². The van der Waals surface area contributed by atoms with Gasteiger partial charge in [0, 0.05) is 17.2 Å². The van der Waals surface area contributed by atoms with Crippen molar-refractivity contribution in [3.8, 4) is 11.5 Å². The van der Waals surface area contributed by atoms with E-state index in [0.717, 1.165) is 11.3 Å². The second-order valence-corrected chi connectivity index (χ2v) is 9.69. The number of methoxy groups -OCH3 is 1. The van der Waals surface area contributed by atoms with Gasteiger partial charge < -0.3 is 14.6 Å². The second-order valence-electron chi connectivity index (χ2n) is 8.68. The number of carbonyl (C=O) groups excluding carboxylic acids is 1. The average molecular weight is 558 g/mol. The van der Waals surface area contributed by atoms with Crippen LogP contribution in [0.2, 0.25) is 0 Å². The van der Waals surface area contributed by atoms with Crippen molar-refractivity contribution in [2.75, 3.05) is 13.7 Å². The van der Waals surface area contributed by atoms with E-state index in [2.05, 4.69) is 0 Å². The van der Waals surface area contributed by atoms with E-state index in [4.69, 9.17) is 14.5 Å². The molecule has 1 aliphatic rings. The van der Waals surface area contributed by atoms with Crippen LogP contribution in [0, 0.1) is 10.1 Å². The maximum absolute atomic E-state index is 13.9. The van der Waals surface area contributed by atoms with Crippen LogP contribution in [0.25, 0.3) is 11.8 Å². The highest BCUT2D eigenvalue weighted by Crippen LogP contribution is 2.36. The molecule has 0 fully saturated rings. The number of thiazole rings is 1. The molecule has 0 spiro atoms. The fraction of sp³-hybridized carbons (Fsp3) is 0.138. The summed E-state index contributed by atoms with van der Waals surface area (Å²) in [6.45, 7) is 1.82. The van der Waals surface area contributed by atoms with E-state index in [1.807, 2.05) is 30.3 Å². The number of aromatic nitrogens is 1. The Kier molecular flexibility index (Phi) is 7.30. The Bertz CT molecular complexity index is 1820. The number of ether oxygens (including phenoxy) is 2. The van der Waals surface area contributed by atoms with Crippen LogP contribution in [-0.2, 0) is 9.53 Å². The first kappa shape index (κ1) is 26.6. The summed E-state index contributed by atoms with van der Waals surface area (Å²) in [5, 5.41) is 21.8. The fourth-order valence-electron chi connectivity index (χ4n) is 4.50. The number of rotatable bonds is 7. The molecular formula is C29H23N3O7S. The topological polar surface area (TPSA) is 133 Å². The van der Waals surface area contributed by atoms with E-state index in [-0.39, 0.29) is 22.3 Å². The monoisotopic (exact) mass is 557 g/mol. The van der Waals surface area contributed by atoms with Gasteiger partial charge in [-0.05, 0) is 30.7 Å². The van der Waals surface area contributed by atoms with Crippen molar-refractivity contribution in [2.45, 2.75) is 13.0 Å². The lowest BCUT2D eigenvalue weighted by Crippen LogP contribution is -2.40. The number of hydrogen-bond acceptors (Lipinski definition) is 9. The summed E-state index contributed by atoms with van der Waals surface area (Å²) in [7, 11) is 1.54. The Morgan fingerprint density at radius 1 is 1.12 bits per heavy atom. The molecule has 1 aliphatic heterocycles. The van der Waals surface area contributed by atoms with Gasteiger partial charge in [0.2, 0.25) is 5.75 Å². The maximum atomic E-state index is 13.9. The molecule has 40 heavy (non-hydrogen) atoms. The zero-order chi connectivity index (χ0) is 28.4. The molecule has 1 unspecified atom stereocenters. The maximum Gasteiger partial charge on any atom is 0.338 e. The zero-order valence-electron chi connectivity index (χ0n) is 21.4. The van der Waals surface area contributed by atoms with Crippen LogP contribution < -0.4 is 19.6 Å². The van der Waals surface area contributed by atoms with Crippen molar-refractivity contribution in [1.82, 2.24) is 4.57 Å². The minimum Gasteiger partial charge on any atom is -0.502 e. The van der Waals surface area contributed by atoms with E-state index < -0.39 is 33.9 Å². The quantitative estimate of drug-likeness (QED) is 0.209. The minimum absolute atomic E-state index is 0.105. The van der Waals surface area contributed by atoms with E-state index in [9.17, 15) is 24.8 Å². The summed E-state index contributed by atoms with van der Waals surface area (Å²) in [4.78, 5) is 43.0. The first-order valence-corrected chi connectivity index (χ1v) is 13.0. The summed E-state index contributed by atoms with van der Waals surface area (Å²) in [5.41, 5.74) is 0.990. The zero-order valence-corrected chi connectivity index (χ0v) is 22.3. The first-order valence-electron chi connectivity index (χ1n) is 12.2. The van der Waals surface area contributed by atoms with Crippen LogP contribution >= 0.6 is 11.3 Å². The highest BCUT2D eigenvalue weighted by molar-refractivity contribution is 7.07. The smallest absolute Gasteiger partial charge is 0.338 e. The Labute approximate surface area is 231 Å². The lowest BCUT2D eigenvalue weighted by Gasteiger charge is -2.26. The van der Waals surface area contributed by atoms with Crippen molar-refractivity contribution >= 4 is 34.8 Å². The first-order chi connectivity index (χ1) is 19.3. The molecule has 5 rings (SSSR count). The molecule has 0 saturated heterocycles. The summed E-state index contributed by atoms with van der Waals surface area (Å²) < 4.78 is 12.3. The number of hydrogen-bond donors (Lipinski definition) is 1. The number of carbonyl (C=O) groups is 1. The third-order valence-electron chi connectivity index (χ3n) is 6.33. The van der Waals surface area contributed by atoms with Gasteiger partial charge in [0.1, 0.15) is 5.75 Å². The van der Waals surface area contributed by atoms with Gasteiger partial charge in [-0.1, -0.05) is 65.9 Å². The summed E-state index contributed by atoms with van der Waals surface area (Å²) >= 11 is 1.05. The number of aromatic hydroxyl groups is 1. The van der Waals surface area contributed by atoms with Gasteiger partial charge >= 0.3 is 11.7 Å². The van der Waals surface area contributed by atoms with Gasteiger partial charge in [-0.3, -0.25) is 19.5 Å². The van der Waals surface area contributed by atoms with Gasteiger partial charge in [0.15, 0.2) is 4.80 Å². The number of nitro groups is 1. The van der Waals surface area contributed by atoms with Crippen LogP contribution in [0.5, 0.6) is 11.5 Å². The molecule has 0 amide bonds. The number of para-hydroxylation sites is 1. The summed E-state index contributed by atoms with van der Waals surface area (Å²) in [6, 6.07) is 19.3. The molecule has 1 N–H and O–H groups in total. The molecular weight excluding hydrogens is 534 g/mol.